The van der Waals surface area contributed by atoms with Crippen molar-refractivity contribution in [2.45, 2.75) is 35.4 Å². The van der Waals surface area contributed by atoms with E-state index in [1.54, 1.807) is 0 Å². The van der Waals surface area contributed by atoms with Gasteiger partial charge in [0.05, 0.1) is 0 Å². The molecule has 2 fully saturated rings. The molecule has 0 radical (unpaired) electrons. The van der Waals surface area contributed by atoms with Gasteiger partial charge in [-0.05, 0) is 12.8 Å². The summed E-state index contributed by atoms with van der Waals surface area (Å²) in [5.74, 6) is 0. The van der Waals surface area contributed by atoms with Crippen molar-refractivity contribution in [1.82, 2.24) is 0 Å². The van der Waals surface area contributed by atoms with Crippen molar-refractivity contribution in [2.24, 2.45) is 10.8 Å². The van der Waals surface area contributed by atoms with E-state index in [1.165, 1.54) is 0 Å². The first kappa shape index (κ1) is 9.71. The predicted octanol–water partition coefficient (Wildman–Crippen LogP) is 4.15. The van der Waals surface area contributed by atoms with Crippen molar-refractivity contribution in [3.05, 3.63) is 0 Å². The lowest BCUT2D eigenvalue weighted by atomic mass is 9.89. The molecule has 0 heterocycles. The molecular formula is C8H10Cl4. The van der Waals surface area contributed by atoms with Crippen LogP contribution in [0, 0.1) is 10.8 Å². The second-order valence-corrected chi connectivity index (χ2v) is 7.39. The molecule has 0 saturated heterocycles. The van der Waals surface area contributed by atoms with Crippen molar-refractivity contribution in [3.8, 4) is 0 Å². The minimum absolute atomic E-state index is 0.105. The maximum Gasteiger partial charge on any atom is 0.125 e. The van der Waals surface area contributed by atoms with Gasteiger partial charge in [-0.25, -0.2) is 0 Å². The van der Waals surface area contributed by atoms with Gasteiger partial charge in [0.25, 0.3) is 0 Å². The zero-order valence-corrected chi connectivity index (χ0v) is 9.95. The van der Waals surface area contributed by atoms with E-state index in [4.69, 9.17) is 46.4 Å². The fourth-order valence-corrected chi connectivity index (χ4v) is 3.90. The van der Waals surface area contributed by atoms with Gasteiger partial charge in [-0.15, -0.1) is 46.4 Å². The summed E-state index contributed by atoms with van der Waals surface area (Å²) in [7, 11) is 0. The van der Waals surface area contributed by atoms with Crippen LogP contribution in [0.15, 0.2) is 0 Å². The van der Waals surface area contributed by atoms with Crippen LogP contribution in [0.1, 0.15) is 26.7 Å². The highest BCUT2D eigenvalue weighted by atomic mass is 35.5. The molecule has 2 rings (SSSR count). The Bertz CT molecular complexity index is 221. The molecule has 12 heavy (non-hydrogen) atoms. The zero-order chi connectivity index (χ0) is 9.41. The maximum absolute atomic E-state index is 6.05. The van der Waals surface area contributed by atoms with E-state index < -0.39 is 8.67 Å². The van der Waals surface area contributed by atoms with Gasteiger partial charge in [0.2, 0.25) is 0 Å². The van der Waals surface area contributed by atoms with Crippen molar-refractivity contribution >= 4 is 46.4 Å². The lowest BCUT2D eigenvalue weighted by Crippen LogP contribution is -2.22. The average Bonchev–Trinajstić information content (AvgIpc) is 2.49. The molecule has 0 unspecified atom stereocenters. The first-order valence-corrected chi connectivity index (χ1v) is 5.43. The summed E-state index contributed by atoms with van der Waals surface area (Å²) in [5, 5.41) is 0. The molecule has 0 bridgehead atoms. The molecule has 0 aliphatic heterocycles. The molecule has 0 N–H and O–H groups in total. The Morgan fingerprint density at radius 2 is 0.917 bits per heavy atom. The Hall–Kier alpha value is 1.16. The monoisotopic (exact) mass is 246 g/mol. The summed E-state index contributed by atoms with van der Waals surface area (Å²) in [6, 6.07) is 0. The van der Waals surface area contributed by atoms with Crippen molar-refractivity contribution in [2.75, 3.05) is 0 Å². The summed E-state index contributed by atoms with van der Waals surface area (Å²) in [6.45, 7) is 4.11. The van der Waals surface area contributed by atoms with Gasteiger partial charge >= 0.3 is 0 Å². The first-order valence-electron chi connectivity index (χ1n) is 3.92. The normalized spacial score (nSPS) is 53.5. The minimum Gasteiger partial charge on any atom is -0.101 e. The van der Waals surface area contributed by atoms with Gasteiger partial charge in [0.15, 0.2) is 0 Å². The smallest absolute Gasteiger partial charge is 0.101 e. The molecule has 70 valence electrons. The molecule has 0 spiro atoms. The Balaban J connectivity index is 2.25. The second-order valence-electron chi connectivity index (χ2n) is 4.43. The molecular weight excluding hydrogens is 238 g/mol. The molecule has 0 nitrogen and oxygen atoms in total. The van der Waals surface area contributed by atoms with E-state index in [0.717, 1.165) is 12.8 Å². The third-order valence-corrected chi connectivity index (χ3v) is 5.94. The quantitative estimate of drug-likeness (QED) is 0.611. The third-order valence-electron chi connectivity index (χ3n) is 3.73. The molecule has 0 aromatic rings. The third kappa shape index (κ3) is 0.881. The fraction of sp³-hybridized carbons (Fsp3) is 1.00. The minimum atomic E-state index is -0.618. The predicted molar refractivity (Wildman–Crippen MR) is 54.3 cm³/mol. The maximum atomic E-state index is 6.05. The standard InChI is InChI=1S/C8H10Cl4/c1-5(3-7(5,9)10)6(2)4-8(6,11)12/h3-4H2,1-2H3/t5-,6-/m1/s1. The van der Waals surface area contributed by atoms with Crippen molar-refractivity contribution in [3.63, 3.8) is 0 Å². The summed E-state index contributed by atoms with van der Waals surface area (Å²) in [5.41, 5.74) is -0.209. The van der Waals surface area contributed by atoms with Gasteiger partial charge in [0, 0.05) is 10.8 Å². The lowest BCUT2D eigenvalue weighted by Gasteiger charge is -2.22. The largest absolute Gasteiger partial charge is 0.125 e. The lowest BCUT2D eigenvalue weighted by molar-refractivity contribution is 0.330. The van der Waals surface area contributed by atoms with E-state index in [9.17, 15) is 0 Å². The number of hydrogen-bond donors (Lipinski definition) is 0. The summed E-state index contributed by atoms with van der Waals surface area (Å²) < 4.78 is -1.24. The summed E-state index contributed by atoms with van der Waals surface area (Å²) in [6.07, 6.45) is 1.58. The van der Waals surface area contributed by atoms with E-state index in [0.29, 0.717) is 0 Å². The highest BCUT2D eigenvalue weighted by Gasteiger charge is 2.82. The Morgan fingerprint density at radius 3 is 1.00 bits per heavy atom. The Kier molecular flexibility index (Phi) is 1.66. The number of halogens is 4. The second kappa shape index (κ2) is 2.05. The van der Waals surface area contributed by atoms with E-state index in [2.05, 4.69) is 13.8 Å². The molecule has 2 atom stereocenters. The van der Waals surface area contributed by atoms with E-state index >= 15 is 0 Å². The van der Waals surface area contributed by atoms with Gasteiger partial charge < -0.3 is 0 Å². The molecule has 2 saturated carbocycles. The molecule has 0 aromatic heterocycles. The van der Waals surface area contributed by atoms with Crippen molar-refractivity contribution in [1.29, 1.82) is 0 Å². The van der Waals surface area contributed by atoms with Crippen LogP contribution in [0.3, 0.4) is 0 Å². The van der Waals surface area contributed by atoms with Gasteiger partial charge in [-0.2, -0.15) is 0 Å². The van der Waals surface area contributed by atoms with Gasteiger partial charge in [0.1, 0.15) is 8.67 Å². The molecule has 4 heteroatoms. The number of rotatable bonds is 1. The SMILES string of the molecule is C[C@]1([C@@]2(C)CC2(Cl)Cl)CC1(Cl)Cl. The van der Waals surface area contributed by atoms with Crippen LogP contribution in [0.5, 0.6) is 0 Å². The Labute approximate surface area is 92.5 Å². The topological polar surface area (TPSA) is 0 Å². The fourth-order valence-electron chi connectivity index (χ4n) is 2.00. The first-order chi connectivity index (χ1) is 5.16. The molecule has 2 aliphatic rings. The van der Waals surface area contributed by atoms with Crippen LogP contribution in [0.4, 0.5) is 0 Å². The number of hydrogen-bond acceptors (Lipinski definition) is 0. The van der Waals surface area contributed by atoms with Crippen LogP contribution in [-0.4, -0.2) is 8.67 Å². The van der Waals surface area contributed by atoms with E-state index in [-0.39, 0.29) is 10.8 Å². The molecule has 0 amide bonds. The van der Waals surface area contributed by atoms with Crippen molar-refractivity contribution < 1.29 is 0 Å². The van der Waals surface area contributed by atoms with Gasteiger partial charge in [-0.1, -0.05) is 13.8 Å². The van der Waals surface area contributed by atoms with Crippen LogP contribution < -0.4 is 0 Å². The summed E-state index contributed by atoms with van der Waals surface area (Å²) >= 11 is 24.2. The van der Waals surface area contributed by atoms with Crippen LogP contribution in [-0.2, 0) is 0 Å². The zero-order valence-electron chi connectivity index (χ0n) is 6.93. The van der Waals surface area contributed by atoms with Crippen LogP contribution in [0.2, 0.25) is 0 Å². The Morgan fingerprint density at radius 1 is 0.750 bits per heavy atom. The average molecular weight is 248 g/mol. The highest BCUT2D eigenvalue weighted by Crippen LogP contribution is 2.84. The summed E-state index contributed by atoms with van der Waals surface area (Å²) in [4.78, 5) is 0. The molecule has 2 aliphatic carbocycles. The number of alkyl halides is 4. The highest BCUT2D eigenvalue weighted by molar-refractivity contribution is 6.54. The van der Waals surface area contributed by atoms with E-state index in [1.807, 2.05) is 0 Å². The van der Waals surface area contributed by atoms with Crippen LogP contribution >= 0.6 is 46.4 Å². The van der Waals surface area contributed by atoms with Crippen LogP contribution in [0.25, 0.3) is 0 Å². The molecule has 0 aromatic carbocycles. The van der Waals surface area contributed by atoms with Gasteiger partial charge in [-0.3, -0.25) is 0 Å².